The molecule has 11 N–H and O–H groups in total. The summed E-state index contributed by atoms with van der Waals surface area (Å²) in [4.78, 5) is 98.9. The van der Waals surface area contributed by atoms with Gasteiger partial charge in [0.05, 0.1) is 49.0 Å². The van der Waals surface area contributed by atoms with Crippen molar-refractivity contribution in [3.63, 3.8) is 0 Å². The van der Waals surface area contributed by atoms with Gasteiger partial charge in [0.15, 0.2) is 40.0 Å². The van der Waals surface area contributed by atoms with Crippen LogP contribution in [0.2, 0.25) is 0 Å². The fourth-order valence-corrected chi connectivity index (χ4v) is 16.8. The molecule has 6 aliphatic rings. The first kappa shape index (κ1) is 74.5. The summed E-state index contributed by atoms with van der Waals surface area (Å²) in [6.45, 7) is 30.9. The van der Waals surface area contributed by atoms with Crippen molar-refractivity contribution in [2.45, 2.75) is 235 Å². The molecule has 0 amide bonds. The number of H-pyrrole nitrogens is 3. The van der Waals surface area contributed by atoms with Crippen molar-refractivity contribution in [2.24, 2.45) is 53.3 Å². The number of nitrogens with zero attached hydrogens (tertiary/aromatic N) is 13. The van der Waals surface area contributed by atoms with E-state index in [0.29, 0.717) is 88.2 Å². The van der Waals surface area contributed by atoms with Gasteiger partial charge < -0.3 is 51.4 Å². The summed E-state index contributed by atoms with van der Waals surface area (Å²) < 4.78 is 45.6. The lowest BCUT2D eigenvalue weighted by Crippen LogP contribution is -2.43. The zero-order valence-corrected chi connectivity index (χ0v) is 60.2. The predicted molar refractivity (Wildman–Crippen MR) is 379 cm³/mol. The van der Waals surface area contributed by atoms with E-state index in [0.717, 1.165) is 76.3 Å². The SMILES string of the molecule is CCC1[C@@H](CC)O[C@@H](n2ccc(=O)[nH]c2=O)[C@H]1C.CCC1[C@@H](CC)O[C@@H](n2ccc(N)nc2=O)[C@H]1C.CCC1[C@@H](CC)O[C@@H](n2cnc3c(=O)[nH]c(N)nc32)[C@H]1C.CCC1[C@@H](CC)O[C@@H](n2cnc3c(N)ncnc32)[C@H]1C.CCC1[C@@H]2OCC[C@]1(CC)O[C@H]2n1cnc2c(=O)[nH]c(N)nc21. The number of nitrogen functional groups attached to an aromatic ring is 4. The Morgan fingerprint density at radius 3 is 1.32 bits per heavy atom. The van der Waals surface area contributed by atoms with Crippen molar-refractivity contribution in [3.05, 3.63) is 102 Å². The Balaban J connectivity index is 0.000000135. The van der Waals surface area contributed by atoms with Crippen molar-refractivity contribution in [1.82, 2.24) is 77.7 Å². The highest BCUT2D eigenvalue weighted by Crippen LogP contribution is 2.52. The van der Waals surface area contributed by atoms with Gasteiger partial charge in [0.2, 0.25) is 11.9 Å². The summed E-state index contributed by atoms with van der Waals surface area (Å²) in [6, 6.07) is 3.00. The van der Waals surface area contributed by atoms with Gasteiger partial charge >= 0.3 is 11.4 Å². The number of hydrogen-bond donors (Lipinski definition) is 7. The van der Waals surface area contributed by atoms with E-state index in [2.05, 4.69) is 152 Å². The van der Waals surface area contributed by atoms with Crippen LogP contribution in [-0.4, -0.2) is 120 Å². The van der Waals surface area contributed by atoms with Crippen LogP contribution in [0.3, 0.4) is 0 Å². The standard InChI is InChI=1S/C15H21N5O3.C14H21N5O2.C14H21N5O.C13H21N3O2.C13H20N2O3/c1-3-8-10-13(23-15(8,4-2)5-6-22-10)20-7-17-9-11(20)18-14(16)19-12(9)21;1-4-8-7(3)13(21-9(8)5-2)19-6-16-10-11(19)17-14(15)18-12(10)20;1-4-9-8(3)14(20-10(9)5-2)19-7-18-11-12(15)16-6-17-13(11)19;1-4-9-8(3)12(18-10(9)5-2)16-7-6-11(14)15-13(16)17;1-4-9-8(3)12(18-10(9)5-2)15-7-6-11(16)14-13(15)17/h7-8,10,13H,3-6H2,1-2H3,(H3,16,18,19,21);6-9,13H,4-5H2,1-3H3,(H3,15,17,18,20);6-10,14H,4-5H2,1-3H3,(H2,15,16,17);6-10,12H,4-5H2,1-3H3,(H2,14,15,17);6-10,12H,4-5H2,1-3H3,(H,14,16,17)/t8?,10-,13+,15-;7-,8?,9+,13+;8-,9?,10+,14+;2*8-,9?,10+,12+/m00000/s1. The monoisotopic (exact) mass is 1390 g/mol. The molecule has 31 nitrogen and oxygen atoms in total. The number of hydrogen-bond acceptors (Lipinski definition) is 23. The zero-order valence-electron chi connectivity index (χ0n) is 60.2. The van der Waals surface area contributed by atoms with Gasteiger partial charge in [-0.25, -0.2) is 34.5 Å². The molecule has 2 bridgehead atoms. The maximum atomic E-state index is 12.0. The molecule has 8 aromatic heterocycles. The molecule has 14 heterocycles. The topological polar surface area (TPSA) is 420 Å². The molecular formula is C69H104N20O11. The molecule has 0 saturated carbocycles. The van der Waals surface area contributed by atoms with Crippen LogP contribution in [0, 0.1) is 53.3 Å². The molecule has 6 saturated heterocycles. The van der Waals surface area contributed by atoms with Gasteiger partial charge in [-0.15, -0.1) is 0 Å². The van der Waals surface area contributed by atoms with E-state index in [9.17, 15) is 24.0 Å². The molecule has 0 aliphatic carbocycles. The van der Waals surface area contributed by atoms with Crippen molar-refractivity contribution in [3.8, 4) is 0 Å². The lowest BCUT2D eigenvalue weighted by atomic mass is 9.78. The van der Waals surface area contributed by atoms with Crippen LogP contribution in [0.4, 0.5) is 23.5 Å². The van der Waals surface area contributed by atoms with Crippen LogP contribution >= 0.6 is 0 Å². The minimum atomic E-state index is -0.397. The molecule has 100 heavy (non-hydrogen) atoms. The Bertz CT molecular complexity index is 4370. The first-order valence-corrected chi connectivity index (χ1v) is 35.9. The molecule has 20 atom stereocenters. The smallest absolute Gasteiger partial charge is 0.351 e. The zero-order chi connectivity index (χ0) is 72.2. The second-order valence-electron chi connectivity index (χ2n) is 27.3. The highest BCUT2D eigenvalue weighted by molar-refractivity contribution is 5.81. The third kappa shape index (κ3) is 14.4. The van der Waals surface area contributed by atoms with E-state index in [-0.39, 0.29) is 113 Å². The summed E-state index contributed by atoms with van der Waals surface area (Å²) in [7, 11) is 0. The molecule has 6 fully saturated rings. The first-order chi connectivity index (χ1) is 48.0. The minimum Gasteiger partial charge on any atom is -0.383 e. The van der Waals surface area contributed by atoms with Crippen LogP contribution in [0.5, 0.6) is 0 Å². The fourth-order valence-electron chi connectivity index (χ4n) is 16.8. The number of nitrogens with one attached hydrogen (secondary N) is 3. The van der Waals surface area contributed by atoms with E-state index < -0.39 is 5.69 Å². The highest BCUT2D eigenvalue weighted by atomic mass is 16.6. The van der Waals surface area contributed by atoms with E-state index in [1.807, 2.05) is 9.13 Å². The average Bonchev–Trinajstić information content (AvgIpc) is 1.59. The average molecular weight is 1390 g/mol. The molecule has 0 radical (unpaired) electrons. The largest absolute Gasteiger partial charge is 0.383 e. The second kappa shape index (κ2) is 31.8. The first-order valence-electron chi connectivity index (χ1n) is 35.9. The number of anilines is 4. The molecule has 0 aromatic carbocycles. The van der Waals surface area contributed by atoms with Crippen molar-refractivity contribution >= 4 is 57.0 Å². The Morgan fingerprint density at radius 2 is 0.910 bits per heavy atom. The second-order valence-corrected chi connectivity index (χ2v) is 27.3. The predicted octanol–water partition coefficient (Wildman–Crippen LogP) is 8.55. The number of imidazole rings is 3. The number of aromatic nitrogens is 16. The molecule has 6 aliphatic heterocycles. The van der Waals surface area contributed by atoms with Gasteiger partial charge in [0, 0.05) is 61.1 Å². The lowest BCUT2D eigenvalue weighted by Gasteiger charge is -2.37. The normalized spacial score (nSPS) is 31.3. The number of rotatable bonds is 15. The minimum absolute atomic E-state index is 0.0239. The third-order valence-corrected chi connectivity index (χ3v) is 22.1. The van der Waals surface area contributed by atoms with Gasteiger partial charge in [-0.1, -0.05) is 123 Å². The van der Waals surface area contributed by atoms with Crippen LogP contribution in [0.15, 0.2) is 73.8 Å². The van der Waals surface area contributed by atoms with E-state index >= 15 is 0 Å². The molecule has 0 spiro atoms. The number of ether oxygens (including phenoxy) is 6. The Labute approximate surface area is 580 Å². The molecule has 8 aromatic rings. The Kier molecular flexibility index (Phi) is 23.6. The van der Waals surface area contributed by atoms with Gasteiger partial charge in [0.1, 0.15) is 48.7 Å². The molecule has 14 rings (SSSR count). The van der Waals surface area contributed by atoms with E-state index in [4.69, 9.17) is 51.4 Å². The van der Waals surface area contributed by atoms with Crippen molar-refractivity contribution in [1.29, 1.82) is 0 Å². The van der Waals surface area contributed by atoms with Gasteiger partial charge in [-0.05, 0) is 68.3 Å². The third-order valence-electron chi connectivity index (χ3n) is 22.1. The molecule has 546 valence electrons. The summed E-state index contributed by atoms with van der Waals surface area (Å²) in [5.41, 5.74) is 23.6. The van der Waals surface area contributed by atoms with Gasteiger partial charge in [0.25, 0.3) is 16.7 Å². The van der Waals surface area contributed by atoms with E-state index in [1.165, 1.54) is 23.2 Å². The summed E-state index contributed by atoms with van der Waals surface area (Å²) in [5, 5.41) is 0. The summed E-state index contributed by atoms with van der Waals surface area (Å²) >= 11 is 0. The maximum Gasteiger partial charge on any atom is 0.351 e. The lowest BCUT2D eigenvalue weighted by molar-refractivity contribution is -0.0901. The number of fused-ring (bicyclic) bond motifs is 5. The fraction of sp³-hybridized carbons (Fsp3) is 0.667. The Hall–Kier alpha value is -8.23. The van der Waals surface area contributed by atoms with Crippen molar-refractivity contribution < 1.29 is 28.4 Å². The summed E-state index contributed by atoms with van der Waals surface area (Å²) in [5.74, 6) is 4.51. The number of aromatic amines is 3. The summed E-state index contributed by atoms with van der Waals surface area (Å²) in [6.07, 6.45) is 20.5. The van der Waals surface area contributed by atoms with Crippen molar-refractivity contribution in [2.75, 3.05) is 29.5 Å². The van der Waals surface area contributed by atoms with Gasteiger partial charge in [-0.2, -0.15) is 15.0 Å². The molecule has 5 unspecified atom stereocenters. The molecular weight excluding hydrogens is 1280 g/mol. The molecule has 31 heteroatoms. The van der Waals surface area contributed by atoms with Gasteiger partial charge in [-0.3, -0.25) is 52.2 Å². The quantitative estimate of drug-likeness (QED) is 0.0505. The number of nitrogens with two attached hydrogens (primary N) is 4. The van der Waals surface area contributed by atoms with Crippen LogP contribution in [-0.2, 0) is 28.4 Å². The Morgan fingerprint density at radius 1 is 0.480 bits per heavy atom. The highest BCUT2D eigenvalue weighted by Gasteiger charge is 2.57. The maximum absolute atomic E-state index is 12.0. The van der Waals surface area contributed by atoms with Crippen LogP contribution in [0.1, 0.15) is 199 Å². The van der Waals surface area contributed by atoms with Crippen LogP contribution < -0.4 is 51.0 Å². The van der Waals surface area contributed by atoms with E-state index in [1.54, 1.807) is 40.4 Å². The van der Waals surface area contributed by atoms with Crippen LogP contribution in [0.25, 0.3) is 33.5 Å².